The Morgan fingerprint density at radius 2 is 2.21 bits per heavy atom. The van der Waals surface area contributed by atoms with Gasteiger partial charge >= 0.3 is 5.97 Å². The van der Waals surface area contributed by atoms with Gasteiger partial charge in [0.2, 0.25) is 0 Å². The lowest BCUT2D eigenvalue weighted by Gasteiger charge is -1.98. The van der Waals surface area contributed by atoms with Crippen LogP contribution in [0.5, 0.6) is 0 Å². The van der Waals surface area contributed by atoms with Crippen LogP contribution in [0.3, 0.4) is 0 Å². The molecule has 2 heterocycles. The predicted molar refractivity (Wildman–Crippen MR) is 86.4 cm³/mol. The van der Waals surface area contributed by atoms with Crippen molar-refractivity contribution in [1.82, 2.24) is 25.0 Å². The molecular weight excluding hydrogens is 306 g/mol. The van der Waals surface area contributed by atoms with E-state index in [0.29, 0.717) is 12.4 Å². The minimum Gasteiger partial charge on any atom is -0.466 e. The first-order chi connectivity index (χ1) is 11.8. The summed E-state index contributed by atoms with van der Waals surface area (Å²) in [6.45, 7) is 2.22. The van der Waals surface area contributed by atoms with E-state index in [-0.39, 0.29) is 17.8 Å². The average Bonchev–Trinajstić information content (AvgIpc) is 3.04. The minimum atomic E-state index is -0.155. The highest BCUT2D eigenvalue weighted by Gasteiger charge is 2.47. The van der Waals surface area contributed by atoms with Crippen LogP contribution in [-0.2, 0) is 9.53 Å². The van der Waals surface area contributed by atoms with Crippen molar-refractivity contribution in [1.29, 1.82) is 0 Å². The molecule has 0 unspecified atom stereocenters. The van der Waals surface area contributed by atoms with Gasteiger partial charge in [0.15, 0.2) is 5.82 Å². The van der Waals surface area contributed by atoms with Gasteiger partial charge in [0.25, 0.3) is 0 Å². The molecular formula is C17H17N5O2. The molecule has 2 atom stereocenters. The molecule has 3 aromatic rings. The third kappa shape index (κ3) is 2.68. The van der Waals surface area contributed by atoms with Crippen LogP contribution in [0.4, 0.5) is 0 Å². The minimum absolute atomic E-state index is 0.0782. The van der Waals surface area contributed by atoms with Gasteiger partial charge in [-0.3, -0.25) is 9.89 Å². The highest BCUT2D eigenvalue weighted by Crippen LogP contribution is 2.46. The highest BCUT2D eigenvalue weighted by atomic mass is 16.5. The molecule has 0 spiro atoms. The van der Waals surface area contributed by atoms with Gasteiger partial charge in [0, 0.05) is 12.1 Å². The number of aromatic amines is 1. The molecule has 0 radical (unpaired) electrons. The van der Waals surface area contributed by atoms with E-state index in [1.54, 1.807) is 10.9 Å². The first-order valence-corrected chi connectivity index (χ1v) is 7.95. The number of nitrogens with zero attached hydrogens (tertiary/aromatic N) is 4. The lowest BCUT2D eigenvalue weighted by atomic mass is 10.3. The van der Waals surface area contributed by atoms with Crippen molar-refractivity contribution in [3.8, 4) is 17.1 Å². The number of para-hydroxylation sites is 1. The first kappa shape index (κ1) is 14.6. The largest absolute Gasteiger partial charge is 0.466 e. The smallest absolute Gasteiger partial charge is 0.309 e. The van der Waals surface area contributed by atoms with Crippen molar-refractivity contribution in [2.75, 3.05) is 6.61 Å². The van der Waals surface area contributed by atoms with Crippen LogP contribution in [0.15, 0.2) is 42.7 Å². The Bertz CT molecular complexity index is 855. The first-order valence-electron chi connectivity index (χ1n) is 7.95. The molecule has 1 aliphatic rings. The van der Waals surface area contributed by atoms with Crippen LogP contribution in [-0.4, -0.2) is 37.5 Å². The number of rotatable bonds is 5. The second kappa shape index (κ2) is 5.92. The van der Waals surface area contributed by atoms with Crippen LogP contribution < -0.4 is 0 Å². The van der Waals surface area contributed by atoms with Gasteiger partial charge in [-0.25, -0.2) is 9.67 Å². The van der Waals surface area contributed by atoms with Crippen molar-refractivity contribution >= 4 is 5.97 Å². The predicted octanol–water partition coefficient (Wildman–Crippen LogP) is 2.32. The summed E-state index contributed by atoms with van der Waals surface area (Å²) in [6, 6.07) is 9.85. The van der Waals surface area contributed by atoms with Crippen molar-refractivity contribution in [2.45, 2.75) is 19.3 Å². The summed E-state index contributed by atoms with van der Waals surface area (Å²) in [4.78, 5) is 16.2. The molecule has 4 rings (SSSR count). The molecule has 0 saturated heterocycles. The number of nitrogens with one attached hydrogen (secondary N) is 1. The van der Waals surface area contributed by atoms with E-state index in [9.17, 15) is 4.79 Å². The molecule has 24 heavy (non-hydrogen) atoms. The molecule has 2 aromatic heterocycles. The number of H-pyrrole nitrogens is 1. The summed E-state index contributed by atoms with van der Waals surface area (Å²) in [6.07, 6.45) is 4.38. The maximum Gasteiger partial charge on any atom is 0.309 e. The molecule has 1 saturated carbocycles. The molecule has 1 aromatic carbocycles. The van der Waals surface area contributed by atoms with Gasteiger partial charge < -0.3 is 4.74 Å². The summed E-state index contributed by atoms with van der Waals surface area (Å²) in [7, 11) is 0. The molecule has 7 nitrogen and oxygen atoms in total. The number of esters is 1. The average molecular weight is 323 g/mol. The highest BCUT2D eigenvalue weighted by molar-refractivity contribution is 5.77. The zero-order chi connectivity index (χ0) is 16.5. The summed E-state index contributed by atoms with van der Waals surface area (Å²) in [5.74, 6) is 1.14. The van der Waals surface area contributed by atoms with Gasteiger partial charge in [-0.1, -0.05) is 18.2 Å². The Labute approximate surface area is 138 Å². The standard InChI is InChI=1S/C17H17N5O2/c1-2-24-17(23)14-8-13(14)16-19-15(20-21-16)11-9-18-22(10-11)12-6-4-3-5-7-12/h3-7,9-10,13-14H,2,8H2,1H3,(H,19,20,21)/t13-,14-/m1/s1. The van der Waals surface area contributed by atoms with Gasteiger partial charge in [-0.05, 0) is 25.5 Å². The fraction of sp³-hybridized carbons (Fsp3) is 0.294. The zero-order valence-corrected chi connectivity index (χ0v) is 13.2. The fourth-order valence-corrected chi connectivity index (χ4v) is 2.74. The van der Waals surface area contributed by atoms with Crippen LogP contribution >= 0.6 is 0 Å². The third-order valence-corrected chi connectivity index (χ3v) is 4.10. The lowest BCUT2D eigenvalue weighted by molar-refractivity contribution is -0.144. The van der Waals surface area contributed by atoms with E-state index in [0.717, 1.165) is 23.5 Å². The molecule has 122 valence electrons. The monoisotopic (exact) mass is 323 g/mol. The van der Waals surface area contributed by atoms with Gasteiger partial charge in [0.1, 0.15) is 5.82 Å². The Morgan fingerprint density at radius 3 is 3.00 bits per heavy atom. The Kier molecular flexibility index (Phi) is 3.60. The summed E-state index contributed by atoms with van der Waals surface area (Å²) < 4.78 is 6.83. The van der Waals surface area contributed by atoms with Crippen molar-refractivity contribution in [3.05, 3.63) is 48.5 Å². The maximum atomic E-state index is 11.7. The Balaban J connectivity index is 1.50. The van der Waals surface area contributed by atoms with E-state index < -0.39 is 0 Å². The van der Waals surface area contributed by atoms with Crippen molar-refractivity contribution in [3.63, 3.8) is 0 Å². The number of hydrogen-bond acceptors (Lipinski definition) is 5. The SMILES string of the molecule is CCOC(=O)[C@@H]1C[C@H]1c1nc(-c2cnn(-c3ccccc3)c2)n[nH]1. The van der Waals surface area contributed by atoms with Gasteiger partial charge in [-0.2, -0.15) is 10.2 Å². The summed E-state index contributed by atoms with van der Waals surface area (Å²) in [5.41, 5.74) is 1.80. The van der Waals surface area contributed by atoms with Crippen molar-refractivity contribution in [2.24, 2.45) is 5.92 Å². The number of benzene rings is 1. The van der Waals surface area contributed by atoms with Crippen LogP contribution in [0.2, 0.25) is 0 Å². The zero-order valence-electron chi connectivity index (χ0n) is 13.2. The molecule has 1 fully saturated rings. The molecule has 1 aliphatic carbocycles. The number of carbonyl (C=O) groups is 1. The van der Waals surface area contributed by atoms with Crippen LogP contribution in [0, 0.1) is 5.92 Å². The van der Waals surface area contributed by atoms with Crippen LogP contribution in [0.1, 0.15) is 25.1 Å². The van der Waals surface area contributed by atoms with E-state index in [4.69, 9.17) is 4.74 Å². The lowest BCUT2D eigenvalue weighted by Crippen LogP contribution is -2.07. The topological polar surface area (TPSA) is 85.7 Å². The molecule has 0 amide bonds. The normalized spacial score (nSPS) is 19.2. The number of hydrogen-bond donors (Lipinski definition) is 1. The third-order valence-electron chi connectivity index (χ3n) is 4.10. The molecule has 7 heteroatoms. The van der Waals surface area contributed by atoms with E-state index >= 15 is 0 Å². The molecule has 0 aliphatic heterocycles. The van der Waals surface area contributed by atoms with Gasteiger partial charge in [-0.15, -0.1) is 0 Å². The van der Waals surface area contributed by atoms with Crippen molar-refractivity contribution < 1.29 is 9.53 Å². The summed E-state index contributed by atoms with van der Waals surface area (Å²) in [5, 5.41) is 11.5. The summed E-state index contributed by atoms with van der Waals surface area (Å²) >= 11 is 0. The van der Waals surface area contributed by atoms with E-state index in [2.05, 4.69) is 20.3 Å². The molecule has 0 bridgehead atoms. The Hall–Kier alpha value is -2.96. The number of aromatic nitrogens is 5. The second-order valence-electron chi connectivity index (χ2n) is 5.75. The quantitative estimate of drug-likeness (QED) is 0.728. The number of ether oxygens (including phenoxy) is 1. The van der Waals surface area contributed by atoms with Gasteiger partial charge in [0.05, 0.1) is 30.0 Å². The Morgan fingerprint density at radius 1 is 1.38 bits per heavy atom. The maximum absolute atomic E-state index is 11.7. The van der Waals surface area contributed by atoms with Crippen LogP contribution in [0.25, 0.3) is 17.1 Å². The molecule has 1 N–H and O–H groups in total. The fourth-order valence-electron chi connectivity index (χ4n) is 2.74. The van der Waals surface area contributed by atoms with E-state index in [1.807, 2.05) is 43.5 Å². The second-order valence-corrected chi connectivity index (χ2v) is 5.75. The number of carbonyl (C=O) groups excluding carboxylic acids is 1. The van der Waals surface area contributed by atoms with E-state index in [1.165, 1.54) is 0 Å².